The standard InChI is InChI=1S/C13H18N2O2/c16-12-11-8-15(9-13(17)4-1-5-13)7-3-10(11)2-6-14-12/h2,6,17H,1,3-5,7-9H2,(H,14,16). The second-order valence-corrected chi connectivity index (χ2v) is 5.35. The number of hydrogen-bond donors (Lipinski definition) is 2. The van der Waals surface area contributed by atoms with Gasteiger partial charge in [0.15, 0.2) is 0 Å². The minimum atomic E-state index is -0.487. The van der Waals surface area contributed by atoms with E-state index in [1.165, 1.54) is 0 Å². The van der Waals surface area contributed by atoms with Crippen LogP contribution >= 0.6 is 0 Å². The maximum absolute atomic E-state index is 11.7. The van der Waals surface area contributed by atoms with Crippen LogP contribution < -0.4 is 5.56 Å². The molecule has 17 heavy (non-hydrogen) atoms. The summed E-state index contributed by atoms with van der Waals surface area (Å²) in [4.78, 5) is 16.6. The Kier molecular flexibility index (Phi) is 2.56. The van der Waals surface area contributed by atoms with Gasteiger partial charge in [-0.15, -0.1) is 0 Å². The highest BCUT2D eigenvalue weighted by Crippen LogP contribution is 2.33. The highest BCUT2D eigenvalue weighted by molar-refractivity contribution is 5.25. The first kappa shape index (κ1) is 11.0. The molecular weight excluding hydrogens is 216 g/mol. The molecular formula is C13H18N2O2. The zero-order chi connectivity index (χ0) is 11.9. The van der Waals surface area contributed by atoms with Gasteiger partial charge in [-0.05, 0) is 37.3 Å². The quantitative estimate of drug-likeness (QED) is 0.790. The van der Waals surface area contributed by atoms with E-state index < -0.39 is 5.60 Å². The Morgan fingerprint density at radius 2 is 2.29 bits per heavy atom. The van der Waals surface area contributed by atoms with Gasteiger partial charge in [-0.1, -0.05) is 0 Å². The number of H-pyrrole nitrogens is 1. The van der Waals surface area contributed by atoms with E-state index in [1.807, 2.05) is 6.07 Å². The predicted octanol–water partition coefficient (Wildman–Crippen LogP) is 0.648. The van der Waals surface area contributed by atoms with Crippen LogP contribution in [0.2, 0.25) is 0 Å². The lowest BCUT2D eigenvalue weighted by Gasteiger charge is -2.41. The summed E-state index contributed by atoms with van der Waals surface area (Å²) in [6.45, 7) is 2.33. The van der Waals surface area contributed by atoms with Gasteiger partial charge in [-0.25, -0.2) is 0 Å². The lowest BCUT2D eigenvalue weighted by molar-refractivity contribution is -0.0612. The average Bonchev–Trinajstić information content (AvgIpc) is 2.28. The minimum absolute atomic E-state index is 0.0211. The molecule has 1 aliphatic carbocycles. The molecule has 2 heterocycles. The molecule has 1 aromatic heterocycles. The molecule has 0 bridgehead atoms. The molecule has 1 saturated carbocycles. The van der Waals surface area contributed by atoms with Gasteiger partial charge in [0, 0.05) is 31.4 Å². The third-order valence-electron chi connectivity index (χ3n) is 4.04. The van der Waals surface area contributed by atoms with E-state index in [-0.39, 0.29) is 5.56 Å². The Morgan fingerprint density at radius 3 is 3.00 bits per heavy atom. The summed E-state index contributed by atoms with van der Waals surface area (Å²) >= 11 is 0. The van der Waals surface area contributed by atoms with Crippen LogP contribution in [0.1, 0.15) is 30.4 Å². The van der Waals surface area contributed by atoms with Crippen molar-refractivity contribution in [1.29, 1.82) is 0 Å². The number of aromatic amines is 1. The van der Waals surface area contributed by atoms with Crippen LogP contribution in [0, 0.1) is 0 Å². The SMILES string of the molecule is O=c1[nH]ccc2c1CN(CC1(O)CCC1)CC2. The summed E-state index contributed by atoms with van der Waals surface area (Å²) in [5.74, 6) is 0. The largest absolute Gasteiger partial charge is 0.389 e. The fraction of sp³-hybridized carbons (Fsp3) is 0.615. The van der Waals surface area contributed by atoms with Crippen LogP contribution in [-0.4, -0.2) is 33.7 Å². The molecule has 92 valence electrons. The molecule has 4 heteroatoms. The second-order valence-electron chi connectivity index (χ2n) is 5.35. The van der Waals surface area contributed by atoms with Gasteiger partial charge in [0.2, 0.25) is 0 Å². The molecule has 3 rings (SSSR count). The molecule has 1 aromatic rings. The molecule has 0 saturated heterocycles. The summed E-state index contributed by atoms with van der Waals surface area (Å²) in [6, 6.07) is 1.99. The predicted molar refractivity (Wildman–Crippen MR) is 64.8 cm³/mol. The Morgan fingerprint density at radius 1 is 1.47 bits per heavy atom. The van der Waals surface area contributed by atoms with E-state index in [1.54, 1.807) is 6.20 Å². The number of β-amino-alcohol motifs (C(OH)–C–C–N with tert-alkyl or cyclic N) is 1. The lowest BCUT2D eigenvalue weighted by Crippen LogP contribution is -2.49. The molecule has 0 radical (unpaired) electrons. The number of nitrogens with one attached hydrogen (secondary N) is 1. The fourth-order valence-electron chi connectivity index (χ4n) is 2.83. The first-order valence-electron chi connectivity index (χ1n) is 6.30. The van der Waals surface area contributed by atoms with Gasteiger partial charge < -0.3 is 10.1 Å². The monoisotopic (exact) mass is 234 g/mol. The van der Waals surface area contributed by atoms with Crippen molar-refractivity contribution >= 4 is 0 Å². The van der Waals surface area contributed by atoms with Crippen molar-refractivity contribution in [2.45, 2.75) is 37.8 Å². The van der Waals surface area contributed by atoms with E-state index in [9.17, 15) is 9.90 Å². The Hall–Kier alpha value is -1.13. The van der Waals surface area contributed by atoms with Gasteiger partial charge in [0.05, 0.1) is 5.60 Å². The van der Waals surface area contributed by atoms with Crippen molar-refractivity contribution in [3.8, 4) is 0 Å². The molecule has 0 spiro atoms. The summed E-state index contributed by atoms with van der Waals surface area (Å²) < 4.78 is 0. The number of rotatable bonds is 2. The van der Waals surface area contributed by atoms with Crippen molar-refractivity contribution in [3.63, 3.8) is 0 Å². The molecule has 0 amide bonds. The van der Waals surface area contributed by atoms with Gasteiger partial charge in [-0.2, -0.15) is 0 Å². The number of hydrogen-bond acceptors (Lipinski definition) is 3. The van der Waals surface area contributed by atoms with Gasteiger partial charge in [-0.3, -0.25) is 9.69 Å². The molecule has 2 aliphatic rings. The Bertz CT molecular complexity index is 477. The van der Waals surface area contributed by atoms with E-state index in [4.69, 9.17) is 0 Å². The summed E-state index contributed by atoms with van der Waals surface area (Å²) in [7, 11) is 0. The van der Waals surface area contributed by atoms with E-state index in [0.717, 1.165) is 43.4 Å². The first-order chi connectivity index (χ1) is 8.16. The van der Waals surface area contributed by atoms with Gasteiger partial charge in [0.1, 0.15) is 0 Å². The number of pyridine rings is 1. The minimum Gasteiger partial charge on any atom is -0.389 e. The third-order valence-corrected chi connectivity index (χ3v) is 4.04. The fourth-order valence-corrected chi connectivity index (χ4v) is 2.83. The summed E-state index contributed by atoms with van der Waals surface area (Å²) in [5.41, 5.74) is 1.57. The van der Waals surface area contributed by atoms with Crippen molar-refractivity contribution in [1.82, 2.24) is 9.88 Å². The number of nitrogens with zero attached hydrogens (tertiary/aromatic N) is 1. The highest BCUT2D eigenvalue weighted by atomic mass is 16.3. The number of fused-ring (bicyclic) bond motifs is 1. The van der Waals surface area contributed by atoms with Crippen molar-refractivity contribution in [3.05, 3.63) is 33.7 Å². The molecule has 1 fully saturated rings. The second kappa shape index (κ2) is 3.96. The van der Waals surface area contributed by atoms with E-state index >= 15 is 0 Å². The molecule has 2 N–H and O–H groups in total. The van der Waals surface area contributed by atoms with Gasteiger partial charge in [0.25, 0.3) is 5.56 Å². The normalized spacial score (nSPS) is 22.9. The van der Waals surface area contributed by atoms with Crippen LogP contribution in [0.25, 0.3) is 0 Å². The molecule has 0 aromatic carbocycles. The molecule has 1 aliphatic heterocycles. The third kappa shape index (κ3) is 2.03. The lowest BCUT2D eigenvalue weighted by atomic mass is 9.79. The van der Waals surface area contributed by atoms with E-state index in [0.29, 0.717) is 13.1 Å². The number of aromatic nitrogens is 1. The average molecular weight is 234 g/mol. The zero-order valence-electron chi connectivity index (χ0n) is 9.91. The topological polar surface area (TPSA) is 56.3 Å². The van der Waals surface area contributed by atoms with Crippen LogP contribution in [0.4, 0.5) is 0 Å². The summed E-state index contributed by atoms with van der Waals surface area (Å²) in [6.07, 6.45) is 5.57. The van der Waals surface area contributed by atoms with E-state index in [2.05, 4.69) is 9.88 Å². The number of aliphatic hydroxyl groups is 1. The van der Waals surface area contributed by atoms with Crippen LogP contribution in [0.5, 0.6) is 0 Å². The van der Waals surface area contributed by atoms with Crippen LogP contribution in [0.3, 0.4) is 0 Å². The summed E-state index contributed by atoms with van der Waals surface area (Å²) in [5, 5.41) is 10.2. The first-order valence-corrected chi connectivity index (χ1v) is 6.30. The zero-order valence-corrected chi connectivity index (χ0v) is 9.91. The van der Waals surface area contributed by atoms with Crippen molar-refractivity contribution in [2.75, 3.05) is 13.1 Å². The smallest absolute Gasteiger partial charge is 0.252 e. The Labute approximate surface area is 100 Å². The molecule has 0 atom stereocenters. The molecule has 4 nitrogen and oxygen atoms in total. The van der Waals surface area contributed by atoms with Crippen molar-refractivity contribution < 1.29 is 5.11 Å². The van der Waals surface area contributed by atoms with Crippen LogP contribution in [-0.2, 0) is 13.0 Å². The maximum Gasteiger partial charge on any atom is 0.252 e. The van der Waals surface area contributed by atoms with Crippen molar-refractivity contribution in [2.24, 2.45) is 0 Å². The van der Waals surface area contributed by atoms with Gasteiger partial charge >= 0.3 is 0 Å². The van der Waals surface area contributed by atoms with Crippen LogP contribution in [0.15, 0.2) is 17.1 Å². The highest BCUT2D eigenvalue weighted by Gasteiger charge is 2.36. The maximum atomic E-state index is 11.7. The molecule has 0 unspecified atom stereocenters. The Balaban J connectivity index is 1.76.